The van der Waals surface area contributed by atoms with Crippen LogP contribution in [0.4, 0.5) is 5.82 Å². The van der Waals surface area contributed by atoms with Gasteiger partial charge in [-0.15, -0.1) is 0 Å². The van der Waals surface area contributed by atoms with E-state index in [1.807, 2.05) is 24.3 Å². The molecule has 1 heterocycles. The van der Waals surface area contributed by atoms with Crippen molar-refractivity contribution in [3.63, 3.8) is 0 Å². The zero-order chi connectivity index (χ0) is 13.1. The maximum atomic E-state index is 11.4. The molecule has 19 heavy (non-hydrogen) atoms. The summed E-state index contributed by atoms with van der Waals surface area (Å²) >= 11 is 0. The number of rotatable bonds is 3. The standard InChI is InChI=1S/C16H20N2O/c19-11-14-13-9-5-6-10-15(13)18-16(14)17-12-7-3-1-2-4-8-12/h5-6,9-12,17-18H,1-4,7-8H2. The average molecular weight is 256 g/mol. The molecule has 0 radical (unpaired) electrons. The lowest BCUT2D eigenvalue weighted by atomic mass is 10.1. The molecule has 100 valence electrons. The van der Waals surface area contributed by atoms with Crippen LogP contribution in [0.2, 0.25) is 0 Å². The highest BCUT2D eigenvalue weighted by atomic mass is 16.1. The van der Waals surface area contributed by atoms with Crippen molar-refractivity contribution in [2.75, 3.05) is 5.32 Å². The fraction of sp³-hybridized carbons (Fsp3) is 0.438. The van der Waals surface area contributed by atoms with E-state index < -0.39 is 0 Å². The minimum atomic E-state index is 0.495. The van der Waals surface area contributed by atoms with Gasteiger partial charge in [0.05, 0.1) is 5.56 Å². The second-order valence-electron chi connectivity index (χ2n) is 5.41. The largest absolute Gasteiger partial charge is 0.368 e. The molecule has 1 aromatic carbocycles. The molecule has 1 saturated carbocycles. The number of carbonyl (C=O) groups excluding carboxylic acids is 1. The van der Waals surface area contributed by atoms with E-state index in [1.165, 1.54) is 38.5 Å². The second kappa shape index (κ2) is 5.47. The van der Waals surface area contributed by atoms with Crippen LogP contribution >= 0.6 is 0 Å². The molecular formula is C16H20N2O. The van der Waals surface area contributed by atoms with E-state index in [0.717, 1.165) is 28.6 Å². The number of benzene rings is 1. The molecule has 0 atom stereocenters. The van der Waals surface area contributed by atoms with Crippen molar-refractivity contribution in [2.45, 2.75) is 44.6 Å². The van der Waals surface area contributed by atoms with Crippen LogP contribution in [0.25, 0.3) is 10.9 Å². The lowest BCUT2D eigenvalue weighted by Crippen LogP contribution is -2.19. The van der Waals surface area contributed by atoms with Crippen LogP contribution in [0, 0.1) is 0 Å². The Morgan fingerprint density at radius 3 is 2.58 bits per heavy atom. The lowest BCUT2D eigenvalue weighted by molar-refractivity contribution is 0.112. The van der Waals surface area contributed by atoms with E-state index in [0.29, 0.717) is 6.04 Å². The molecule has 3 rings (SSSR count). The number of carbonyl (C=O) groups is 1. The summed E-state index contributed by atoms with van der Waals surface area (Å²) in [7, 11) is 0. The average Bonchev–Trinajstić information content (AvgIpc) is 2.60. The Kier molecular flexibility index (Phi) is 3.53. The predicted octanol–water partition coefficient (Wildman–Crippen LogP) is 4.12. The van der Waals surface area contributed by atoms with Crippen LogP contribution in [-0.2, 0) is 0 Å². The van der Waals surface area contributed by atoms with Gasteiger partial charge in [-0.05, 0) is 18.9 Å². The van der Waals surface area contributed by atoms with Crippen molar-refractivity contribution in [2.24, 2.45) is 0 Å². The molecule has 2 N–H and O–H groups in total. The highest BCUT2D eigenvalue weighted by molar-refractivity contribution is 6.03. The van der Waals surface area contributed by atoms with Crippen LogP contribution in [0.3, 0.4) is 0 Å². The number of fused-ring (bicyclic) bond motifs is 1. The number of anilines is 1. The van der Waals surface area contributed by atoms with Crippen molar-refractivity contribution in [3.05, 3.63) is 29.8 Å². The minimum absolute atomic E-state index is 0.495. The molecule has 3 nitrogen and oxygen atoms in total. The third-order valence-corrected chi connectivity index (χ3v) is 4.07. The van der Waals surface area contributed by atoms with Gasteiger partial charge >= 0.3 is 0 Å². The summed E-state index contributed by atoms with van der Waals surface area (Å²) in [5.74, 6) is 0.892. The van der Waals surface area contributed by atoms with E-state index in [4.69, 9.17) is 0 Å². The zero-order valence-corrected chi connectivity index (χ0v) is 11.1. The van der Waals surface area contributed by atoms with Crippen molar-refractivity contribution in [3.8, 4) is 0 Å². The number of H-pyrrole nitrogens is 1. The topological polar surface area (TPSA) is 44.9 Å². The number of hydrogen-bond acceptors (Lipinski definition) is 2. The lowest BCUT2D eigenvalue weighted by Gasteiger charge is -2.16. The highest BCUT2D eigenvalue weighted by Crippen LogP contribution is 2.27. The molecule has 0 saturated heterocycles. The fourth-order valence-electron chi connectivity index (χ4n) is 3.03. The number of nitrogens with one attached hydrogen (secondary N) is 2. The highest BCUT2D eigenvalue weighted by Gasteiger charge is 2.16. The summed E-state index contributed by atoms with van der Waals surface area (Å²) in [5, 5.41) is 4.55. The molecule has 3 heteroatoms. The Morgan fingerprint density at radius 2 is 1.84 bits per heavy atom. The third-order valence-electron chi connectivity index (χ3n) is 4.07. The van der Waals surface area contributed by atoms with Gasteiger partial charge < -0.3 is 10.3 Å². The third kappa shape index (κ3) is 2.50. The fourth-order valence-corrected chi connectivity index (χ4v) is 3.03. The number of aromatic nitrogens is 1. The van der Waals surface area contributed by atoms with Crippen molar-refractivity contribution in [1.29, 1.82) is 0 Å². The van der Waals surface area contributed by atoms with E-state index >= 15 is 0 Å². The van der Waals surface area contributed by atoms with Gasteiger partial charge in [0.15, 0.2) is 6.29 Å². The number of aldehydes is 1. The Labute approximate surface area is 113 Å². The van der Waals surface area contributed by atoms with E-state index in [-0.39, 0.29) is 0 Å². The molecule has 1 aromatic heterocycles. The molecule has 1 fully saturated rings. The first kappa shape index (κ1) is 12.3. The summed E-state index contributed by atoms with van der Waals surface area (Å²) in [5.41, 5.74) is 1.79. The minimum Gasteiger partial charge on any atom is -0.368 e. The summed E-state index contributed by atoms with van der Waals surface area (Å²) in [6, 6.07) is 8.46. The van der Waals surface area contributed by atoms with Gasteiger partial charge in [0.25, 0.3) is 0 Å². The smallest absolute Gasteiger partial charge is 0.154 e. The molecule has 0 unspecified atom stereocenters. The second-order valence-corrected chi connectivity index (χ2v) is 5.41. The SMILES string of the molecule is O=Cc1c(NC2CCCCCC2)[nH]c2ccccc12. The van der Waals surface area contributed by atoms with Crippen LogP contribution in [0.5, 0.6) is 0 Å². The van der Waals surface area contributed by atoms with Gasteiger partial charge in [-0.1, -0.05) is 43.9 Å². The quantitative estimate of drug-likeness (QED) is 0.641. The molecular weight excluding hydrogens is 236 g/mol. The number of aromatic amines is 1. The van der Waals surface area contributed by atoms with Crippen LogP contribution < -0.4 is 5.32 Å². The Bertz CT molecular complexity index is 565. The van der Waals surface area contributed by atoms with Gasteiger partial charge in [-0.25, -0.2) is 0 Å². The maximum Gasteiger partial charge on any atom is 0.154 e. The Morgan fingerprint density at radius 1 is 1.11 bits per heavy atom. The zero-order valence-electron chi connectivity index (χ0n) is 11.1. The molecule has 1 aliphatic carbocycles. The first-order valence-corrected chi connectivity index (χ1v) is 7.21. The summed E-state index contributed by atoms with van der Waals surface area (Å²) < 4.78 is 0. The van der Waals surface area contributed by atoms with Gasteiger partial charge in [0.2, 0.25) is 0 Å². The van der Waals surface area contributed by atoms with Crippen LogP contribution in [-0.4, -0.2) is 17.3 Å². The number of para-hydroxylation sites is 1. The van der Waals surface area contributed by atoms with Gasteiger partial charge in [0.1, 0.15) is 5.82 Å². The van der Waals surface area contributed by atoms with Gasteiger partial charge in [0, 0.05) is 16.9 Å². The van der Waals surface area contributed by atoms with Crippen molar-refractivity contribution < 1.29 is 4.79 Å². The normalized spacial score (nSPS) is 17.3. The first-order valence-electron chi connectivity index (χ1n) is 7.21. The van der Waals surface area contributed by atoms with E-state index in [9.17, 15) is 4.79 Å². The molecule has 0 bridgehead atoms. The monoisotopic (exact) mass is 256 g/mol. The van der Waals surface area contributed by atoms with Crippen molar-refractivity contribution in [1.82, 2.24) is 4.98 Å². The Hall–Kier alpha value is -1.77. The van der Waals surface area contributed by atoms with Gasteiger partial charge in [-0.2, -0.15) is 0 Å². The first-order chi connectivity index (χ1) is 9.38. The molecule has 0 amide bonds. The molecule has 1 aliphatic rings. The summed E-state index contributed by atoms with van der Waals surface area (Å²) in [6.07, 6.45) is 8.61. The van der Waals surface area contributed by atoms with E-state index in [2.05, 4.69) is 10.3 Å². The van der Waals surface area contributed by atoms with Gasteiger partial charge in [-0.3, -0.25) is 4.79 Å². The molecule has 0 spiro atoms. The molecule has 0 aliphatic heterocycles. The number of hydrogen-bond donors (Lipinski definition) is 2. The maximum absolute atomic E-state index is 11.4. The molecule has 2 aromatic rings. The Balaban J connectivity index is 1.89. The summed E-state index contributed by atoms with van der Waals surface area (Å²) in [6.45, 7) is 0. The van der Waals surface area contributed by atoms with Crippen LogP contribution in [0.1, 0.15) is 48.9 Å². The van der Waals surface area contributed by atoms with E-state index in [1.54, 1.807) is 0 Å². The predicted molar refractivity (Wildman–Crippen MR) is 78.8 cm³/mol. The van der Waals surface area contributed by atoms with Crippen LogP contribution in [0.15, 0.2) is 24.3 Å². The summed E-state index contributed by atoms with van der Waals surface area (Å²) in [4.78, 5) is 14.7. The van der Waals surface area contributed by atoms with Crippen molar-refractivity contribution >= 4 is 23.0 Å².